The van der Waals surface area contributed by atoms with Crippen molar-refractivity contribution in [2.24, 2.45) is 0 Å². The fourth-order valence-electron chi connectivity index (χ4n) is 2.28. The lowest BCUT2D eigenvalue weighted by atomic mass is 10.1. The first-order chi connectivity index (χ1) is 12.5. The first kappa shape index (κ1) is 20.6. The molecule has 0 amide bonds. The Labute approximate surface area is 150 Å². The summed E-state index contributed by atoms with van der Waals surface area (Å²) in [6.07, 6.45) is -11.3. The third-order valence-electron chi connectivity index (χ3n) is 3.45. The molecule has 2 rings (SSSR count). The normalized spacial score (nSPS) is 13.1. The van der Waals surface area contributed by atoms with Gasteiger partial charge in [-0.3, -0.25) is 0 Å². The lowest BCUT2D eigenvalue weighted by Gasteiger charge is -2.21. The Kier molecular flexibility index (Phi) is 6.02. The molecule has 0 saturated heterocycles. The van der Waals surface area contributed by atoms with Gasteiger partial charge in [0.1, 0.15) is 5.75 Å². The van der Waals surface area contributed by atoms with Gasteiger partial charge in [-0.15, -0.1) is 0 Å². The van der Waals surface area contributed by atoms with E-state index in [2.05, 4.69) is 0 Å². The Bertz CT molecular complexity index is 798. The molecule has 27 heavy (non-hydrogen) atoms. The van der Waals surface area contributed by atoms with Crippen LogP contribution in [0.1, 0.15) is 29.7 Å². The van der Waals surface area contributed by atoms with Gasteiger partial charge >= 0.3 is 18.3 Å². The predicted molar refractivity (Wildman–Crippen MR) is 82.9 cm³/mol. The first-order valence-corrected chi connectivity index (χ1v) is 7.70. The molecule has 0 aliphatic rings. The molecular weight excluding hydrogens is 378 g/mol. The molecular formula is C18H14F6O3. The van der Waals surface area contributed by atoms with Crippen LogP contribution in [-0.2, 0) is 21.9 Å². The van der Waals surface area contributed by atoms with Crippen LogP contribution < -0.4 is 4.74 Å². The minimum Gasteiger partial charge on any atom is -0.473 e. The second kappa shape index (κ2) is 7.89. The number of carbonyl (C=O) groups excluding carboxylic acids is 1. The molecule has 0 aliphatic heterocycles. The number of carbonyl (C=O) groups is 1. The summed E-state index contributed by atoms with van der Waals surface area (Å²) >= 11 is 0. The largest absolute Gasteiger partial charge is 0.473 e. The number of benzene rings is 2. The molecule has 2 aromatic carbocycles. The lowest BCUT2D eigenvalue weighted by molar-refractivity contribution is -0.154. The van der Waals surface area contributed by atoms with E-state index >= 15 is 0 Å². The van der Waals surface area contributed by atoms with Gasteiger partial charge in [-0.05, 0) is 31.2 Å². The van der Waals surface area contributed by atoms with Crippen LogP contribution in [0, 0.1) is 0 Å². The van der Waals surface area contributed by atoms with E-state index in [0.717, 1.165) is 36.4 Å². The van der Waals surface area contributed by atoms with Crippen LogP contribution in [0.5, 0.6) is 5.75 Å². The maximum atomic E-state index is 13.1. The highest BCUT2D eigenvalue weighted by Gasteiger charge is 2.37. The summed E-state index contributed by atoms with van der Waals surface area (Å²) in [5.74, 6) is -1.80. The fraction of sp³-hybridized carbons (Fsp3) is 0.278. The van der Waals surface area contributed by atoms with E-state index in [4.69, 9.17) is 9.47 Å². The summed E-state index contributed by atoms with van der Waals surface area (Å²) in [4.78, 5) is 12.2. The molecule has 0 spiro atoms. The van der Waals surface area contributed by atoms with Gasteiger partial charge in [0.05, 0.1) is 17.7 Å². The molecule has 0 fully saturated rings. The maximum Gasteiger partial charge on any atom is 0.419 e. The standard InChI is InChI=1S/C18H14F6O3/c1-2-26-16(25)15(11-6-5-7-12(10-11)17(19,20)21)27-14-9-4-3-8-13(14)18(22,23)24/h3-10,15H,2H2,1H3. The zero-order chi connectivity index (χ0) is 20.2. The average molecular weight is 392 g/mol. The van der Waals surface area contributed by atoms with E-state index in [1.807, 2.05) is 0 Å². The van der Waals surface area contributed by atoms with E-state index in [1.54, 1.807) is 0 Å². The molecule has 0 saturated carbocycles. The number of rotatable bonds is 5. The number of para-hydroxylation sites is 1. The van der Waals surface area contributed by atoms with Crippen LogP contribution >= 0.6 is 0 Å². The summed E-state index contributed by atoms with van der Waals surface area (Å²) in [6, 6.07) is 7.67. The Balaban J connectivity index is 2.48. The van der Waals surface area contributed by atoms with Crippen molar-refractivity contribution < 1.29 is 40.6 Å². The Morgan fingerprint density at radius 3 is 2.22 bits per heavy atom. The van der Waals surface area contributed by atoms with Crippen LogP contribution in [0.15, 0.2) is 48.5 Å². The first-order valence-electron chi connectivity index (χ1n) is 7.70. The van der Waals surface area contributed by atoms with Gasteiger partial charge in [0, 0.05) is 5.56 Å². The third-order valence-corrected chi connectivity index (χ3v) is 3.45. The molecule has 2 aromatic rings. The molecule has 0 N–H and O–H groups in total. The predicted octanol–water partition coefficient (Wildman–Crippen LogP) is 5.41. The smallest absolute Gasteiger partial charge is 0.419 e. The van der Waals surface area contributed by atoms with Gasteiger partial charge in [-0.25, -0.2) is 4.79 Å². The minimum absolute atomic E-state index is 0.126. The van der Waals surface area contributed by atoms with Gasteiger partial charge in [-0.2, -0.15) is 26.3 Å². The van der Waals surface area contributed by atoms with Crippen LogP contribution in [0.2, 0.25) is 0 Å². The molecule has 3 nitrogen and oxygen atoms in total. The minimum atomic E-state index is -4.77. The quantitative estimate of drug-likeness (QED) is 0.504. The number of esters is 1. The van der Waals surface area contributed by atoms with E-state index in [-0.39, 0.29) is 12.2 Å². The van der Waals surface area contributed by atoms with Crippen molar-refractivity contribution in [3.8, 4) is 5.75 Å². The number of alkyl halides is 6. The molecule has 1 atom stereocenters. The number of ether oxygens (including phenoxy) is 2. The monoisotopic (exact) mass is 392 g/mol. The summed E-state index contributed by atoms with van der Waals surface area (Å²) in [6.45, 7) is 1.32. The van der Waals surface area contributed by atoms with E-state index in [9.17, 15) is 31.1 Å². The van der Waals surface area contributed by atoms with E-state index in [0.29, 0.717) is 6.07 Å². The molecule has 1 unspecified atom stereocenters. The second-order valence-electron chi connectivity index (χ2n) is 5.37. The molecule has 0 aliphatic carbocycles. The van der Waals surface area contributed by atoms with Crippen molar-refractivity contribution in [2.75, 3.05) is 6.61 Å². The Morgan fingerprint density at radius 2 is 1.63 bits per heavy atom. The summed E-state index contributed by atoms with van der Waals surface area (Å²) in [7, 11) is 0. The van der Waals surface area contributed by atoms with Crippen LogP contribution in [-0.4, -0.2) is 12.6 Å². The number of hydrogen-bond acceptors (Lipinski definition) is 3. The van der Waals surface area contributed by atoms with Crippen molar-refractivity contribution in [1.29, 1.82) is 0 Å². The number of hydrogen-bond donors (Lipinski definition) is 0. The van der Waals surface area contributed by atoms with E-state index in [1.165, 1.54) is 13.0 Å². The van der Waals surface area contributed by atoms with Crippen LogP contribution in [0.25, 0.3) is 0 Å². The molecule has 0 radical (unpaired) electrons. The molecule has 146 valence electrons. The molecule has 9 heteroatoms. The highest BCUT2D eigenvalue weighted by Crippen LogP contribution is 2.38. The van der Waals surface area contributed by atoms with Crippen molar-refractivity contribution in [2.45, 2.75) is 25.4 Å². The summed E-state index contributed by atoms with van der Waals surface area (Å²) in [5, 5.41) is 0. The van der Waals surface area contributed by atoms with Crippen LogP contribution in [0.4, 0.5) is 26.3 Å². The van der Waals surface area contributed by atoms with Gasteiger partial charge < -0.3 is 9.47 Å². The highest BCUT2D eigenvalue weighted by atomic mass is 19.4. The Hall–Kier alpha value is -2.71. The van der Waals surface area contributed by atoms with Crippen molar-refractivity contribution >= 4 is 5.97 Å². The van der Waals surface area contributed by atoms with Gasteiger partial charge in [0.2, 0.25) is 6.10 Å². The SMILES string of the molecule is CCOC(=O)C(Oc1ccccc1C(F)(F)F)c1cccc(C(F)(F)F)c1. The maximum absolute atomic E-state index is 13.1. The average Bonchev–Trinajstić information content (AvgIpc) is 2.58. The summed E-state index contributed by atoms with van der Waals surface area (Å²) < 4.78 is 88.1. The topological polar surface area (TPSA) is 35.5 Å². The van der Waals surface area contributed by atoms with Gasteiger partial charge in [-0.1, -0.05) is 24.3 Å². The molecule has 0 bridgehead atoms. The molecule has 0 heterocycles. The fourth-order valence-corrected chi connectivity index (χ4v) is 2.28. The zero-order valence-corrected chi connectivity index (χ0v) is 13.9. The second-order valence-corrected chi connectivity index (χ2v) is 5.37. The lowest BCUT2D eigenvalue weighted by Crippen LogP contribution is -2.23. The third kappa shape index (κ3) is 5.15. The molecule has 0 aromatic heterocycles. The van der Waals surface area contributed by atoms with Crippen molar-refractivity contribution in [3.63, 3.8) is 0 Å². The highest BCUT2D eigenvalue weighted by molar-refractivity contribution is 5.77. The van der Waals surface area contributed by atoms with E-state index < -0.39 is 41.3 Å². The van der Waals surface area contributed by atoms with Crippen molar-refractivity contribution in [3.05, 3.63) is 65.2 Å². The van der Waals surface area contributed by atoms with Crippen LogP contribution in [0.3, 0.4) is 0 Å². The number of halogens is 6. The summed E-state index contributed by atoms with van der Waals surface area (Å²) in [5.41, 5.74) is -2.51. The zero-order valence-electron chi connectivity index (χ0n) is 13.9. The van der Waals surface area contributed by atoms with Gasteiger partial charge in [0.25, 0.3) is 0 Å². The van der Waals surface area contributed by atoms with Gasteiger partial charge in [0.15, 0.2) is 0 Å². The van der Waals surface area contributed by atoms with Crippen molar-refractivity contribution in [1.82, 2.24) is 0 Å². The Morgan fingerprint density at radius 1 is 0.963 bits per heavy atom.